The van der Waals surface area contributed by atoms with Gasteiger partial charge in [-0.05, 0) is 56.5 Å². The average Bonchev–Trinajstić information content (AvgIpc) is 3.27. The number of phenolic OH excluding ortho intramolecular Hbond substituents is 1. The standard InChI is InChI=1S/C22H28N2O6/c1-4-21(12-16(26)18(27)30-3)6-5-8-24-9-7-22(19(21)24)13-10-15(25)17(29-2)11-14(13)23-20(22)28/h10-12,19,25-26H,4-9H2,1-3H3,(H,23,28). The molecule has 0 aliphatic carbocycles. The summed E-state index contributed by atoms with van der Waals surface area (Å²) in [5.41, 5.74) is -0.110. The van der Waals surface area contributed by atoms with Crippen molar-refractivity contribution >= 4 is 17.6 Å². The van der Waals surface area contributed by atoms with Crippen molar-refractivity contribution < 1.29 is 29.3 Å². The second kappa shape index (κ2) is 7.19. The second-order valence-electron chi connectivity index (χ2n) is 8.40. The van der Waals surface area contributed by atoms with Gasteiger partial charge in [-0.25, -0.2) is 4.79 Å². The van der Waals surface area contributed by atoms with E-state index in [1.165, 1.54) is 14.2 Å². The number of hydrogen-bond donors (Lipinski definition) is 3. The Morgan fingerprint density at radius 3 is 2.77 bits per heavy atom. The third-order valence-corrected chi connectivity index (χ3v) is 7.19. The van der Waals surface area contributed by atoms with Crippen LogP contribution in [-0.2, 0) is 19.7 Å². The zero-order valence-corrected chi connectivity index (χ0v) is 17.5. The minimum atomic E-state index is -0.886. The molecule has 1 aromatic rings. The summed E-state index contributed by atoms with van der Waals surface area (Å²) in [7, 11) is 2.70. The number of carbonyl (C=O) groups is 2. The van der Waals surface area contributed by atoms with Crippen LogP contribution in [0.1, 0.15) is 38.2 Å². The maximum atomic E-state index is 13.5. The maximum absolute atomic E-state index is 13.5. The molecule has 1 aromatic carbocycles. The third-order valence-electron chi connectivity index (χ3n) is 7.19. The van der Waals surface area contributed by atoms with Gasteiger partial charge in [-0.2, -0.15) is 0 Å². The first-order valence-corrected chi connectivity index (χ1v) is 10.3. The van der Waals surface area contributed by atoms with Gasteiger partial charge in [0.2, 0.25) is 5.91 Å². The Kier molecular flexibility index (Phi) is 4.92. The lowest BCUT2D eigenvalue weighted by atomic mass is 9.60. The quantitative estimate of drug-likeness (QED) is 0.299. The predicted octanol–water partition coefficient (Wildman–Crippen LogP) is 2.47. The Balaban J connectivity index is 1.90. The van der Waals surface area contributed by atoms with Gasteiger partial charge in [0.1, 0.15) is 0 Å². The molecule has 0 bridgehead atoms. The third kappa shape index (κ3) is 2.70. The average molecular weight is 416 g/mol. The molecule has 3 unspecified atom stereocenters. The molecule has 3 aliphatic rings. The lowest BCUT2D eigenvalue weighted by molar-refractivity contribution is -0.139. The van der Waals surface area contributed by atoms with Gasteiger partial charge in [-0.1, -0.05) is 6.92 Å². The fourth-order valence-electron chi connectivity index (χ4n) is 5.88. The fraction of sp³-hybridized carbons (Fsp3) is 0.545. The smallest absolute Gasteiger partial charge is 0.372 e. The summed E-state index contributed by atoms with van der Waals surface area (Å²) in [4.78, 5) is 27.7. The van der Waals surface area contributed by atoms with E-state index in [9.17, 15) is 19.8 Å². The predicted molar refractivity (Wildman–Crippen MR) is 110 cm³/mol. The molecule has 2 saturated heterocycles. The van der Waals surface area contributed by atoms with Crippen molar-refractivity contribution in [3.8, 4) is 11.5 Å². The summed E-state index contributed by atoms with van der Waals surface area (Å²) in [6.45, 7) is 3.57. The molecule has 3 atom stereocenters. The molecule has 8 heteroatoms. The Hall–Kier alpha value is -2.74. The number of anilines is 1. The number of piperidine rings is 1. The van der Waals surface area contributed by atoms with Gasteiger partial charge in [0, 0.05) is 23.2 Å². The molecule has 3 N–H and O–H groups in total. The number of nitrogens with one attached hydrogen (secondary N) is 1. The molecule has 4 rings (SSSR count). The van der Waals surface area contributed by atoms with Crippen molar-refractivity contribution in [1.29, 1.82) is 0 Å². The highest BCUT2D eigenvalue weighted by molar-refractivity contribution is 6.08. The van der Waals surface area contributed by atoms with E-state index in [1.807, 2.05) is 6.92 Å². The van der Waals surface area contributed by atoms with Crippen LogP contribution in [0.3, 0.4) is 0 Å². The topological polar surface area (TPSA) is 108 Å². The minimum Gasteiger partial charge on any atom is -0.504 e. The molecule has 0 aromatic heterocycles. The van der Waals surface area contributed by atoms with Crippen LogP contribution in [-0.4, -0.2) is 60.3 Å². The van der Waals surface area contributed by atoms with E-state index in [4.69, 9.17) is 9.47 Å². The summed E-state index contributed by atoms with van der Waals surface area (Å²) < 4.78 is 9.90. The number of ether oxygens (including phenoxy) is 2. The zero-order valence-electron chi connectivity index (χ0n) is 17.5. The number of amides is 1. The first-order valence-electron chi connectivity index (χ1n) is 10.3. The Bertz CT molecular complexity index is 928. The molecule has 3 aliphatic heterocycles. The van der Waals surface area contributed by atoms with E-state index in [0.29, 0.717) is 24.3 Å². The van der Waals surface area contributed by atoms with Gasteiger partial charge in [-0.3, -0.25) is 9.69 Å². The molecule has 1 spiro atoms. The maximum Gasteiger partial charge on any atom is 0.372 e. The summed E-state index contributed by atoms with van der Waals surface area (Å²) in [6.07, 6.45) is 4.46. The van der Waals surface area contributed by atoms with Gasteiger partial charge in [0.15, 0.2) is 17.3 Å². The first kappa shape index (κ1) is 20.5. The van der Waals surface area contributed by atoms with Crippen LogP contribution in [0.25, 0.3) is 0 Å². The molecule has 2 fully saturated rings. The molecule has 30 heavy (non-hydrogen) atoms. The van der Waals surface area contributed by atoms with Crippen LogP contribution in [0.4, 0.5) is 5.69 Å². The number of hydrogen-bond acceptors (Lipinski definition) is 7. The number of aliphatic hydroxyl groups is 1. The van der Waals surface area contributed by atoms with Gasteiger partial charge >= 0.3 is 5.97 Å². The Morgan fingerprint density at radius 2 is 2.10 bits per heavy atom. The van der Waals surface area contributed by atoms with Crippen molar-refractivity contribution in [2.75, 3.05) is 32.6 Å². The molecular formula is C22H28N2O6. The zero-order chi connectivity index (χ0) is 21.7. The number of benzene rings is 1. The van der Waals surface area contributed by atoms with Crippen molar-refractivity contribution in [2.45, 2.75) is 44.1 Å². The van der Waals surface area contributed by atoms with Crippen molar-refractivity contribution in [3.05, 3.63) is 29.5 Å². The van der Waals surface area contributed by atoms with E-state index in [0.717, 1.165) is 31.5 Å². The van der Waals surface area contributed by atoms with E-state index in [2.05, 4.69) is 10.2 Å². The van der Waals surface area contributed by atoms with Crippen molar-refractivity contribution in [3.63, 3.8) is 0 Å². The SMILES string of the molecule is CCC1(C=C(O)C(=O)OC)CCCN2CCC3(C(=O)Nc4cc(OC)c(O)cc43)C21. The number of methoxy groups -OCH3 is 2. The molecule has 0 saturated carbocycles. The van der Waals surface area contributed by atoms with Crippen LogP contribution in [0.2, 0.25) is 0 Å². The Labute approximate surface area is 175 Å². The summed E-state index contributed by atoms with van der Waals surface area (Å²) in [5, 5.41) is 23.8. The lowest BCUT2D eigenvalue weighted by Crippen LogP contribution is -2.58. The van der Waals surface area contributed by atoms with Gasteiger partial charge in [-0.15, -0.1) is 0 Å². The number of rotatable bonds is 4. The highest BCUT2D eigenvalue weighted by atomic mass is 16.5. The molecule has 1 amide bonds. The number of aliphatic hydroxyl groups excluding tert-OH is 1. The van der Waals surface area contributed by atoms with E-state index < -0.39 is 22.6 Å². The van der Waals surface area contributed by atoms with Gasteiger partial charge in [0.05, 0.1) is 19.6 Å². The van der Waals surface area contributed by atoms with Crippen molar-refractivity contribution in [2.24, 2.45) is 5.41 Å². The normalized spacial score (nSPS) is 30.7. The highest BCUT2D eigenvalue weighted by Crippen LogP contribution is 2.58. The largest absolute Gasteiger partial charge is 0.504 e. The van der Waals surface area contributed by atoms with Crippen LogP contribution >= 0.6 is 0 Å². The van der Waals surface area contributed by atoms with E-state index >= 15 is 0 Å². The highest BCUT2D eigenvalue weighted by Gasteiger charge is 2.64. The number of fused-ring (bicyclic) bond motifs is 4. The minimum absolute atomic E-state index is 0.0172. The molecule has 162 valence electrons. The monoisotopic (exact) mass is 416 g/mol. The van der Waals surface area contributed by atoms with Gasteiger partial charge in [0.25, 0.3) is 0 Å². The van der Waals surface area contributed by atoms with Crippen molar-refractivity contribution in [1.82, 2.24) is 4.90 Å². The number of carbonyl (C=O) groups excluding carboxylic acids is 2. The number of phenols is 1. The second-order valence-corrected chi connectivity index (χ2v) is 8.40. The number of aromatic hydroxyl groups is 1. The van der Waals surface area contributed by atoms with Crippen LogP contribution < -0.4 is 10.1 Å². The molecule has 3 heterocycles. The van der Waals surface area contributed by atoms with Crippen LogP contribution in [0, 0.1) is 5.41 Å². The van der Waals surface area contributed by atoms with Crippen LogP contribution in [0.15, 0.2) is 24.0 Å². The molecule has 8 nitrogen and oxygen atoms in total. The molecule has 0 radical (unpaired) electrons. The fourth-order valence-corrected chi connectivity index (χ4v) is 5.88. The first-order chi connectivity index (χ1) is 14.3. The lowest BCUT2D eigenvalue weighted by Gasteiger charge is -2.50. The van der Waals surface area contributed by atoms with E-state index in [-0.39, 0.29) is 17.7 Å². The summed E-state index contributed by atoms with van der Waals surface area (Å²) in [6, 6.07) is 3.01. The summed E-state index contributed by atoms with van der Waals surface area (Å²) >= 11 is 0. The number of esters is 1. The summed E-state index contributed by atoms with van der Waals surface area (Å²) in [5.74, 6) is -1.06. The Morgan fingerprint density at radius 1 is 1.33 bits per heavy atom. The van der Waals surface area contributed by atoms with Gasteiger partial charge < -0.3 is 25.0 Å². The van der Waals surface area contributed by atoms with E-state index in [1.54, 1.807) is 18.2 Å². The molecular weight excluding hydrogens is 388 g/mol. The number of nitrogens with zero attached hydrogens (tertiary/aromatic N) is 1. The van der Waals surface area contributed by atoms with Crippen LogP contribution in [0.5, 0.6) is 11.5 Å².